The summed E-state index contributed by atoms with van der Waals surface area (Å²) in [5.74, 6) is 1.59. The number of nitrogens with one attached hydrogen (secondary N) is 1. The van der Waals surface area contributed by atoms with Gasteiger partial charge in [0.2, 0.25) is 15.9 Å². The number of ether oxygens (including phenoxy) is 2. The van der Waals surface area contributed by atoms with E-state index in [0.717, 1.165) is 31.2 Å². The van der Waals surface area contributed by atoms with E-state index < -0.39 is 10.0 Å². The molecule has 47 heavy (non-hydrogen) atoms. The van der Waals surface area contributed by atoms with Crippen molar-refractivity contribution in [3.05, 3.63) is 95.1 Å². The predicted molar refractivity (Wildman–Crippen MR) is 188 cm³/mol. The normalized spacial score (nSPS) is 17.5. The van der Waals surface area contributed by atoms with Gasteiger partial charge in [-0.1, -0.05) is 60.7 Å². The third-order valence-electron chi connectivity index (χ3n) is 9.45. The van der Waals surface area contributed by atoms with E-state index in [1.54, 1.807) is 33.1 Å². The largest absolute Gasteiger partial charge is 0.497 e. The van der Waals surface area contributed by atoms with Gasteiger partial charge in [0.05, 0.1) is 18.6 Å². The van der Waals surface area contributed by atoms with E-state index >= 15 is 0 Å². The fourth-order valence-electron chi connectivity index (χ4n) is 6.93. The lowest BCUT2D eigenvalue weighted by Gasteiger charge is -2.37. The summed E-state index contributed by atoms with van der Waals surface area (Å²) in [7, 11) is 2.10. The van der Waals surface area contributed by atoms with Crippen LogP contribution in [0.15, 0.2) is 77.7 Å². The van der Waals surface area contributed by atoms with Crippen LogP contribution < -0.4 is 10.1 Å². The van der Waals surface area contributed by atoms with Crippen LogP contribution in [0.3, 0.4) is 0 Å². The van der Waals surface area contributed by atoms with Crippen molar-refractivity contribution in [2.75, 3.05) is 47.5 Å². The minimum atomic E-state index is -3.85. The number of hydrogen-bond donors (Lipinski definition) is 1. The molecule has 1 atom stereocenters. The molecule has 0 spiro atoms. The SMILES string of the molecule is COc1cc(C)c(S(=O)(=O)N(CCOCC(=O)NCC2CCC(C(CCc3ccccc3)N(C)C)CC2)Cc2ccccc2)c(C)c1. The van der Waals surface area contributed by atoms with Crippen molar-refractivity contribution in [3.8, 4) is 5.75 Å². The van der Waals surface area contributed by atoms with Gasteiger partial charge < -0.3 is 19.7 Å². The summed E-state index contributed by atoms with van der Waals surface area (Å²) >= 11 is 0. The first-order chi connectivity index (χ1) is 22.6. The van der Waals surface area contributed by atoms with Gasteiger partial charge in [0.25, 0.3) is 0 Å². The number of rotatable bonds is 17. The molecule has 256 valence electrons. The highest BCUT2D eigenvalue weighted by Crippen LogP contribution is 2.34. The van der Waals surface area contributed by atoms with E-state index in [-0.39, 0.29) is 37.1 Å². The number of carbonyl (C=O) groups excluding carboxylic acids is 1. The Morgan fingerprint density at radius 2 is 1.51 bits per heavy atom. The van der Waals surface area contributed by atoms with Gasteiger partial charge in [-0.2, -0.15) is 4.31 Å². The molecule has 4 rings (SSSR count). The van der Waals surface area contributed by atoms with E-state index in [1.165, 1.54) is 22.7 Å². The number of amides is 1. The molecule has 8 nitrogen and oxygen atoms in total. The average Bonchev–Trinajstić information content (AvgIpc) is 3.06. The summed E-state index contributed by atoms with van der Waals surface area (Å²) in [5, 5.41) is 3.06. The second-order valence-electron chi connectivity index (χ2n) is 13.1. The molecule has 0 heterocycles. The molecule has 1 saturated carbocycles. The molecule has 1 aliphatic carbocycles. The van der Waals surface area contributed by atoms with Crippen LogP contribution in [0, 0.1) is 25.7 Å². The second-order valence-corrected chi connectivity index (χ2v) is 15.0. The highest BCUT2D eigenvalue weighted by molar-refractivity contribution is 7.89. The molecule has 3 aromatic rings. The van der Waals surface area contributed by atoms with Gasteiger partial charge in [-0.15, -0.1) is 0 Å². The topological polar surface area (TPSA) is 88.2 Å². The zero-order valence-electron chi connectivity index (χ0n) is 28.8. The Morgan fingerprint density at radius 3 is 2.09 bits per heavy atom. The maximum Gasteiger partial charge on any atom is 0.246 e. The zero-order valence-corrected chi connectivity index (χ0v) is 29.6. The standard InChI is InChI=1S/C38H53N3O5S/c1-29-24-35(45-5)25-30(2)38(29)47(43,44)41(27-33-14-10-7-11-15-33)22-23-46-28-37(42)39-26-32-16-19-34(20-17-32)36(40(3)4)21-18-31-12-8-6-9-13-31/h6-15,24-25,32,34,36H,16-23,26-28H2,1-5H3,(H,39,42). The Labute approximate surface area is 282 Å². The van der Waals surface area contributed by atoms with E-state index in [0.29, 0.717) is 41.3 Å². The minimum absolute atomic E-state index is 0.0999. The molecule has 1 unspecified atom stereocenters. The third kappa shape index (κ3) is 10.6. The van der Waals surface area contributed by atoms with Gasteiger partial charge in [-0.05, 0) is 113 Å². The molecule has 1 amide bonds. The highest BCUT2D eigenvalue weighted by Gasteiger charge is 2.30. The fourth-order valence-corrected chi connectivity index (χ4v) is 8.75. The number of methoxy groups -OCH3 is 1. The molecule has 3 aromatic carbocycles. The van der Waals surface area contributed by atoms with E-state index in [4.69, 9.17) is 9.47 Å². The molecular weight excluding hydrogens is 611 g/mol. The van der Waals surface area contributed by atoms with Crippen molar-refractivity contribution >= 4 is 15.9 Å². The minimum Gasteiger partial charge on any atom is -0.497 e. The first kappa shape index (κ1) is 36.6. The van der Waals surface area contributed by atoms with Gasteiger partial charge in [-0.3, -0.25) is 4.79 Å². The van der Waals surface area contributed by atoms with Gasteiger partial charge >= 0.3 is 0 Å². The number of sulfonamides is 1. The molecule has 0 saturated heterocycles. The molecule has 1 fully saturated rings. The lowest BCUT2D eigenvalue weighted by atomic mass is 9.76. The number of carbonyl (C=O) groups is 1. The quantitative estimate of drug-likeness (QED) is 0.178. The monoisotopic (exact) mass is 663 g/mol. The van der Waals surface area contributed by atoms with Crippen LogP contribution in [0.5, 0.6) is 5.75 Å². The van der Waals surface area contributed by atoms with E-state index in [1.807, 2.05) is 30.3 Å². The van der Waals surface area contributed by atoms with Gasteiger partial charge in [0.1, 0.15) is 12.4 Å². The van der Waals surface area contributed by atoms with Crippen LogP contribution in [0.2, 0.25) is 0 Å². The van der Waals surface area contributed by atoms with Crippen LogP contribution in [-0.2, 0) is 32.5 Å². The number of aryl methyl sites for hydroxylation is 3. The molecule has 0 bridgehead atoms. The van der Waals surface area contributed by atoms with Crippen LogP contribution in [0.1, 0.15) is 54.4 Å². The first-order valence-corrected chi connectivity index (χ1v) is 18.3. The van der Waals surface area contributed by atoms with Crippen LogP contribution in [0.25, 0.3) is 0 Å². The lowest BCUT2D eigenvalue weighted by Crippen LogP contribution is -2.40. The Bertz CT molecular complexity index is 1480. The van der Waals surface area contributed by atoms with Crippen molar-refractivity contribution in [2.45, 2.75) is 69.9 Å². The summed E-state index contributed by atoms with van der Waals surface area (Å²) in [6.07, 6.45) is 6.82. The van der Waals surface area contributed by atoms with E-state index in [9.17, 15) is 13.2 Å². The van der Waals surface area contributed by atoms with Crippen molar-refractivity contribution in [2.24, 2.45) is 11.8 Å². The Kier molecular flexibility index (Phi) is 13.8. The Balaban J connectivity index is 1.24. The fraction of sp³-hybridized carbons (Fsp3) is 0.500. The van der Waals surface area contributed by atoms with Crippen molar-refractivity contribution < 1.29 is 22.7 Å². The molecular formula is C38H53N3O5S. The number of hydrogen-bond acceptors (Lipinski definition) is 6. The third-order valence-corrected chi connectivity index (χ3v) is 11.6. The van der Waals surface area contributed by atoms with Crippen molar-refractivity contribution in [3.63, 3.8) is 0 Å². The summed E-state index contributed by atoms with van der Waals surface area (Å²) in [6, 6.07) is 24.2. The predicted octanol–water partition coefficient (Wildman–Crippen LogP) is 6.01. The molecule has 0 aromatic heterocycles. The van der Waals surface area contributed by atoms with Gasteiger partial charge in [-0.25, -0.2) is 8.42 Å². The molecule has 1 N–H and O–H groups in total. The summed E-state index contributed by atoms with van der Waals surface area (Å²) < 4.78 is 40.4. The maximum absolute atomic E-state index is 13.9. The summed E-state index contributed by atoms with van der Waals surface area (Å²) in [6.45, 7) is 4.54. The molecule has 0 aliphatic heterocycles. The van der Waals surface area contributed by atoms with Gasteiger partial charge in [0.15, 0.2) is 0 Å². The number of nitrogens with zero attached hydrogens (tertiary/aromatic N) is 2. The summed E-state index contributed by atoms with van der Waals surface area (Å²) in [4.78, 5) is 15.3. The van der Waals surface area contributed by atoms with Crippen molar-refractivity contribution in [1.29, 1.82) is 0 Å². The van der Waals surface area contributed by atoms with Crippen LogP contribution in [0.4, 0.5) is 0 Å². The zero-order chi connectivity index (χ0) is 33.8. The Morgan fingerprint density at radius 1 is 0.915 bits per heavy atom. The lowest BCUT2D eigenvalue weighted by molar-refractivity contribution is -0.126. The van der Waals surface area contributed by atoms with Crippen LogP contribution in [-0.4, -0.2) is 77.1 Å². The smallest absolute Gasteiger partial charge is 0.246 e. The maximum atomic E-state index is 13.9. The molecule has 1 aliphatic rings. The second kappa shape index (κ2) is 17.8. The summed E-state index contributed by atoms with van der Waals surface area (Å²) in [5.41, 5.74) is 3.52. The van der Waals surface area contributed by atoms with E-state index in [2.05, 4.69) is 54.6 Å². The molecule has 9 heteroatoms. The highest BCUT2D eigenvalue weighted by atomic mass is 32.2. The first-order valence-electron chi connectivity index (χ1n) is 16.8. The molecule has 0 radical (unpaired) electrons. The van der Waals surface area contributed by atoms with Gasteiger partial charge in [0, 0.05) is 25.7 Å². The van der Waals surface area contributed by atoms with Crippen LogP contribution >= 0.6 is 0 Å². The average molecular weight is 664 g/mol. The Hall–Kier alpha value is -3.24. The van der Waals surface area contributed by atoms with Crippen molar-refractivity contribution in [1.82, 2.24) is 14.5 Å². The number of benzene rings is 3.